The lowest BCUT2D eigenvalue weighted by atomic mass is 10.1. The average molecular weight is 541 g/mol. The lowest BCUT2D eigenvalue weighted by Crippen LogP contribution is -2.31. The predicted molar refractivity (Wildman–Crippen MR) is 121 cm³/mol. The molecule has 3 heterocycles. The summed E-state index contributed by atoms with van der Waals surface area (Å²) in [7, 11) is 1.19. The molecule has 1 N–H and O–H groups in total. The molecule has 14 heteroatoms. The van der Waals surface area contributed by atoms with Gasteiger partial charge in [0.2, 0.25) is 0 Å². The number of nitrogens with zero attached hydrogens (tertiary/aromatic N) is 4. The summed E-state index contributed by atoms with van der Waals surface area (Å²) in [6, 6.07) is 6.39. The number of esters is 1. The molecule has 0 radical (unpaired) electrons. The Morgan fingerprint density at radius 1 is 1.08 bits per heavy atom. The Morgan fingerprint density at radius 3 is 2.42 bits per heavy atom. The van der Waals surface area contributed by atoms with Gasteiger partial charge in [0.25, 0.3) is 5.91 Å². The number of nitrogens with one attached hydrogen (secondary N) is 1. The van der Waals surface area contributed by atoms with Gasteiger partial charge in [-0.15, -0.1) is 0 Å². The van der Waals surface area contributed by atoms with Crippen molar-refractivity contribution < 1.29 is 40.7 Å². The maximum atomic E-state index is 13.9. The highest BCUT2D eigenvalue weighted by Gasteiger charge is 2.44. The molecule has 0 fully saturated rings. The van der Waals surface area contributed by atoms with Gasteiger partial charge in [-0.3, -0.25) is 9.78 Å². The number of rotatable bonds is 6. The van der Waals surface area contributed by atoms with Crippen molar-refractivity contribution in [2.24, 2.45) is 0 Å². The fraction of sp³-hybridized carbons (Fsp3) is 0.333. The van der Waals surface area contributed by atoms with Crippen molar-refractivity contribution in [3.63, 3.8) is 0 Å². The van der Waals surface area contributed by atoms with Gasteiger partial charge in [-0.2, -0.15) is 31.4 Å². The van der Waals surface area contributed by atoms with E-state index in [0.29, 0.717) is 0 Å². The van der Waals surface area contributed by atoms with Crippen molar-refractivity contribution in [1.82, 2.24) is 20.1 Å². The van der Waals surface area contributed by atoms with E-state index in [1.165, 1.54) is 49.4 Å². The highest BCUT2D eigenvalue weighted by molar-refractivity contribution is 6.01. The van der Waals surface area contributed by atoms with Crippen LogP contribution in [0.2, 0.25) is 0 Å². The molecule has 0 aliphatic carbocycles. The van der Waals surface area contributed by atoms with E-state index in [1.807, 2.05) is 0 Å². The minimum absolute atomic E-state index is 0.0107. The van der Waals surface area contributed by atoms with Crippen molar-refractivity contribution in [3.8, 4) is 0 Å². The minimum Gasteiger partial charge on any atom is -0.465 e. The molecule has 0 saturated carbocycles. The molecule has 0 unspecified atom stereocenters. The van der Waals surface area contributed by atoms with Gasteiger partial charge in [0.15, 0.2) is 5.69 Å². The molecule has 2 aromatic heterocycles. The van der Waals surface area contributed by atoms with E-state index >= 15 is 0 Å². The molecule has 1 atom stereocenters. The summed E-state index contributed by atoms with van der Waals surface area (Å²) in [6.45, 7) is 1.48. The molecule has 1 amide bonds. The van der Waals surface area contributed by atoms with Crippen LogP contribution in [0.25, 0.3) is 0 Å². The van der Waals surface area contributed by atoms with E-state index in [4.69, 9.17) is 0 Å². The second-order valence-corrected chi connectivity index (χ2v) is 8.55. The number of pyridine rings is 1. The van der Waals surface area contributed by atoms with Gasteiger partial charge in [-0.25, -0.2) is 9.48 Å². The topological polar surface area (TPSA) is 89.3 Å². The summed E-state index contributed by atoms with van der Waals surface area (Å²) in [4.78, 5) is 30.2. The Hall–Kier alpha value is -4.10. The zero-order valence-electron chi connectivity index (χ0n) is 20.0. The minimum atomic E-state index is -4.96. The summed E-state index contributed by atoms with van der Waals surface area (Å²) >= 11 is 0. The van der Waals surface area contributed by atoms with Gasteiger partial charge >= 0.3 is 18.3 Å². The Kier molecular flexibility index (Phi) is 7.08. The maximum absolute atomic E-state index is 13.9. The van der Waals surface area contributed by atoms with Gasteiger partial charge in [-0.1, -0.05) is 12.1 Å². The second-order valence-electron chi connectivity index (χ2n) is 8.55. The Labute approximate surface area is 212 Å². The summed E-state index contributed by atoms with van der Waals surface area (Å²) in [6.07, 6.45) is -8.34. The molecule has 4 rings (SSSR count). The van der Waals surface area contributed by atoms with Gasteiger partial charge < -0.3 is 15.0 Å². The first-order chi connectivity index (χ1) is 17.8. The Morgan fingerprint density at radius 2 is 1.82 bits per heavy atom. The number of ether oxygens (including phenoxy) is 1. The zero-order chi connectivity index (χ0) is 27.8. The Bertz CT molecular complexity index is 1350. The largest absolute Gasteiger partial charge is 0.465 e. The number of aromatic nitrogens is 3. The third kappa shape index (κ3) is 5.43. The molecule has 1 aromatic carbocycles. The van der Waals surface area contributed by atoms with Crippen molar-refractivity contribution in [3.05, 3.63) is 76.2 Å². The Balaban J connectivity index is 1.63. The molecule has 0 spiro atoms. The smallest absolute Gasteiger partial charge is 0.436 e. The monoisotopic (exact) mass is 541 g/mol. The predicted octanol–water partition coefficient (Wildman–Crippen LogP) is 4.61. The number of anilines is 1. The molecule has 0 saturated heterocycles. The highest BCUT2D eigenvalue weighted by atomic mass is 19.4. The van der Waals surface area contributed by atoms with Crippen LogP contribution in [0.3, 0.4) is 0 Å². The first-order valence-corrected chi connectivity index (χ1v) is 11.2. The normalized spacial score (nSPS) is 14.3. The van der Waals surface area contributed by atoms with Crippen LogP contribution < -0.4 is 10.2 Å². The van der Waals surface area contributed by atoms with Crippen molar-refractivity contribution in [2.45, 2.75) is 38.4 Å². The number of amides is 1. The number of methoxy groups -OCH3 is 1. The van der Waals surface area contributed by atoms with Crippen LogP contribution in [-0.4, -0.2) is 40.3 Å². The lowest BCUT2D eigenvalue weighted by molar-refractivity contribution is -0.142. The lowest BCUT2D eigenvalue weighted by Gasteiger charge is -2.21. The van der Waals surface area contributed by atoms with Crippen LogP contribution in [0.15, 0.2) is 42.6 Å². The van der Waals surface area contributed by atoms with Crippen LogP contribution in [0, 0.1) is 0 Å². The molecule has 3 aromatic rings. The number of alkyl halides is 6. The van der Waals surface area contributed by atoms with Crippen LogP contribution in [0.1, 0.15) is 56.2 Å². The quantitative estimate of drug-likeness (QED) is 0.362. The molecule has 8 nitrogen and oxygen atoms in total. The number of hydrogen-bond acceptors (Lipinski definition) is 6. The van der Waals surface area contributed by atoms with Gasteiger partial charge in [0.05, 0.1) is 36.5 Å². The highest BCUT2D eigenvalue weighted by Crippen LogP contribution is 2.39. The van der Waals surface area contributed by atoms with Crippen molar-refractivity contribution in [2.75, 3.05) is 18.6 Å². The van der Waals surface area contributed by atoms with Crippen LogP contribution in [0.4, 0.5) is 32.2 Å². The summed E-state index contributed by atoms with van der Waals surface area (Å²) in [5, 5.41) is 6.06. The molecule has 202 valence electrons. The van der Waals surface area contributed by atoms with Gasteiger partial charge in [0, 0.05) is 19.3 Å². The molecule has 0 bridgehead atoms. The number of fused-ring (bicyclic) bond motifs is 1. The van der Waals surface area contributed by atoms with E-state index < -0.39 is 47.1 Å². The fourth-order valence-electron chi connectivity index (χ4n) is 4.12. The number of carbonyl (C=O) groups is 2. The van der Waals surface area contributed by atoms with Crippen LogP contribution in [0.5, 0.6) is 0 Å². The second kappa shape index (κ2) is 9.99. The standard InChI is InChI=1S/C24H21F6N5O3/c1-13(17-7-6-15(11-31-17)22(37)38-2)32-20(36)18-19(24(28,29)30)33-35-9-8-34(21(18)35)12-14-4-3-5-16(10-14)23(25,26)27/h3-7,10-11,13H,8-9,12H2,1-2H3,(H,32,36)/t13-/m0/s1. The number of hydrogen-bond donors (Lipinski definition) is 1. The van der Waals surface area contributed by atoms with E-state index in [-0.39, 0.29) is 42.3 Å². The van der Waals surface area contributed by atoms with Gasteiger partial charge in [0.1, 0.15) is 11.4 Å². The third-order valence-electron chi connectivity index (χ3n) is 5.93. The molecule has 38 heavy (non-hydrogen) atoms. The number of halogens is 6. The molecular weight excluding hydrogens is 520 g/mol. The first-order valence-electron chi connectivity index (χ1n) is 11.2. The van der Waals surface area contributed by atoms with Crippen LogP contribution in [-0.2, 0) is 30.2 Å². The molecule has 1 aliphatic rings. The fourth-order valence-corrected chi connectivity index (χ4v) is 4.12. The number of carbonyl (C=O) groups excluding carboxylic acids is 2. The van der Waals surface area contributed by atoms with E-state index in [0.717, 1.165) is 16.8 Å². The van der Waals surface area contributed by atoms with Crippen molar-refractivity contribution >= 4 is 17.7 Å². The van der Waals surface area contributed by atoms with E-state index in [2.05, 4.69) is 20.1 Å². The zero-order valence-corrected chi connectivity index (χ0v) is 20.0. The van der Waals surface area contributed by atoms with E-state index in [9.17, 15) is 35.9 Å². The SMILES string of the molecule is COC(=O)c1ccc([C@H](C)NC(=O)c2c(C(F)(F)F)nn3c2N(Cc2cccc(C(F)(F)F)c2)CC3)nc1. The van der Waals surface area contributed by atoms with E-state index in [1.54, 1.807) is 0 Å². The van der Waals surface area contributed by atoms with Crippen LogP contribution >= 0.6 is 0 Å². The molecular formula is C24H21F6N5O3. The number of benzene rings is 1. The first kappa shape index (κ1) is 26.9. The summed E-state index contributed by atoms with van der Waals surface area (Å²) < 4.78 is 86.6. The molecule has 1 aliphatic heterocycles. The maximum Gasteiger partial charge on any atom is 0.436 e. The van der Waals surface area contributed by atoms with Crippen molar-refractivity contribution in [1.29, 1.82) is 0 Å². The average Bonchev–Trinajstić information content (AvgIpc) is 3.43. The third-order valence-corrected chi connectivity index (χ3v) is 5.93. The summed E-state index contributed by atoms with van der Waals surface area (Å²) in [5.74, 6) is -1.86. The van der Waals surface area contributed by atoms with Gasteiger partial charge in [-0.05, 0) is 36.8 Å². The summed E-state index contributed by atoms with van der Waals surface area (Å²) in [5.41, 5.74) is -2.41.